The number of rotatable bonds is 6. The van der Waals surface area contributed by atoms with E-state index in [2.05, 4.69) is 5.32 Å². The van der Waals surface area contributed by atoms with Gasteiger partial charge in [0.2, 0.25) is 0 Å². The van der Waals surface area contributed by atoms with Gasteiger partial charge in [-0.25, -0.2) is 4.39 Å². The molecule has 0 unspecified atom stereocenters. The van der Waals surface area contributed by atoms with Crippen LogP contribution in [0.5, 0.6) is 5.75 Å². The second-order valence-corrected chi connectivity index (χ2v) is 5.13. The van der Waals surface area contributed by atoms with Crippen LogP contribution in [-0.2, 0) is 0 Å². The Balaban J connectivity index is 1.72. The summed E-state index contributed by atoms with van der Waals surface area (Å²) in [6.07, 6.45) is 0. The first-order valence-electron chi connectivity index (χ1n) is 6.04. The van der Waals surface area contributed by atoms with Gasteiger partial charge in [0.25, 0.3) is 0 Å². The van der Waals surface area contributed by atoms with Crippen LogP contribution in [0.1, 0.15) is 0 Å². The van der Waals surface area contributed by atoms with Gasteiger partial charge in [-0.15, -0.1) is 11.8 Å². The van der Waals surface area contributed by atoms with E-state index in [9.17, 15) is 4.39 Å². The molecule has 0 amide bonds. The molecular weight excluding hydrogens is 261 g/mol. The molecule has 0 fully saturated rings. The summed E-state index contributed by atoms with van der Waals surface area (Å²) in [5, 5.41) is 3.25. The lowest BCUT2D eigenvalue weighted by molar-refractivity contribution is 0.414. The Morgan fingerprint density at radius 2 is 1.74 bits per heavy atom. The third-order valence-corrected chi connectivity index (χ3v) is 3.62. The largest absolute Gasteiger partial charge is 0.497 e. The first-order chi connectivity index (χ1) is 9.28. The summed E-state index contributed by atoms with van der Waals surface area (Å²) < 4.78 is 17.8. The first kappa shape index (κ1) is 13.7. The van der Waals surface area contributed by atoms with E-state index in [1.54, 1.807) is 31.0 Å². The number of methoxy groups -OCH3 is 1. The van der Waals surface area contributed by atoms with Crippen LogP contribution in [0.4, 0.5) is 10.1 Å². The highest BCUT2D eigenvalue weighted by atomic mass is 32.2. The highest BCUT2D eigenvalue weighted by Crippen LogP contribution is 2.21. The minimum absolute atomic E-state index is 0.210. The van der Waals surface area contributed by atoms with Crippen LogP contribution in [0, 0.1) is 5.82 Å². The Morgan fingerprint density at radius 1 is 1.05 bits per heavy atom. The average Bonchev–Trinajstić information content (AvgIpc) is 2.46. The van der Waals surface area contributed by atoms with E-state index in [4.69, 9.17) is 4.74 Å². The van der Waals surface area contributed by atoms with E-state index >= 15 is 0 Å². The van der Waals surface area contributed by atoms with Crippen molar-refractivity contribution in [1.29, 1.82) is 0 Å². The van der Waals surface area contributed by atoms with Crippen molar-refractivity contribution in [3.8, 4) is 5.75 Å². The predicted molar refractivity (Wildman–Crippen MR) is 78.6 cm³/mol. The number of thioether (sulfide) groups is 1. The lowest BCUT2D eigenvalue weighted by Gasteiger charge is -2.06. The van der Waals surface area contributed by atoms with Gasteiger partial charge in [-0.05, 0) is 48.5 Å². The third kappa shape index (κ3) is 4.48. The fourth-order valence-electron chi connectivity index (χ4n) is 1.60. The summed E-state index contributed by atoms with van der Waals surface area (Å²) in [7, 11) is 1.66. The normalized spacial score (nSPS) is 10.2. The zero-order chi connectivity index (χ0) is 13.5. The molecule has 19 heavy (non-hydrogen) atoms. The molecule has 0 aliphatic heterocycles. The van der Waals surface area contributed by atoms with Crippen LogP contribution in [0.15, 0.2) is 53.4 Å². The van der Waals surface area contributed by atoms with Crippen LogP contribution in [0.25, 0.3) is 0 Å². The molecule has 0 saturated carbocycles. The number of hydrogen-bond donors (Lipinski definition) is 1. The lowest BCUT2D eigenvalue weighted by Crippen LogP contribution is -2.03. The molecule has 2 aromatic rings. The Hall–Kier alpha value is -1.68. The molecule has 2 rings (SSSR count). The molecule has 0 radical (unpaired) electrons. The van der Waals surface area contributed by atoms with E-state index in [1.165, 1.54) is 17.0 Å². The summed E-state index contributed by atoms with van der Waals surface area (Å²) >= 11 is 1.77. The molecule has 1 N–H and O–H groups in total. The molecule has 100 valence electrons. The number of anilines is 1. The fraction of sp³-hybridized carbons (Fsp3) is 0.200. The summed E-state index contributed by atoms with van der Waals surface area (Å²) in [6, 6.07) is 14.4. The zero-order valence-electron chi connectivity index (χ0n) is 10.7. The van der Waals surface area contributed by atoms with Crippen molar-refractivity contribution < 1.29 is 9.13 Å². The molecule has 0 aliphatic carbocycles. The highest BCUT2D eigenvalue weighted by molar-refractivity contribution is 7.99. The Morgan fingerprint density at radius 3 is 2.37 bits per heavy atom. The van der Waals surface area contributed by atoms with Gasteiger partial charge in [-0.3, -0.25) is 0 Å². The molecule has 2 aromatic carbocycles. The van der Waals surface area contributed by atoms with Crippen molar-refractivity contribution >= 4 is 17.4 Å². The summed E-state index contributed by atoms with van der Waals surface area (Å²) in [4.78, 5) is 1.21. The second kappa shape index (κ2) is 7.04. The van der Waals surface area contributed by atoms with Crippen molar-refractivity contribution in [1.82, 2.24) is 0 Å². The van der Waals surface area contributed by atoms with Crippen molar-refractivity contribution in [3.63, 3.8) is 0 Å². The average molecular weight is 277 g/mol. The molecule has 4 heteroatoms. The molecule has 0 aliphatic rings. The second-order valence-electron chi connectivity index (χ2n) is 3.96. The zero-order valence-corrected chi connectivity index (χ0v) is 11.5. The fourth-order valence-corrected chi connectivity index (χ4v) is 2.37. The van der Waals surface area contributed by atoms with E-state index < -0.39 is 0 Å². The van der Waals surface area contributed by atoms with Crippen molar-refractivity contribution in [2.45, 2.75) is 4.90 Å². The van der Waals surface area contributed by atoms with E-state index in [-0.39, 0.29) is 5.82 Å². The van der Waals surface area contributed by atoms with Gasteiger partial charge in [-0.1, -0.05) is 0 Å². The number of hydrogen-bond acceptors (Lipinski definition) is 3. The van der Waals surface area contributed by atoms with Crippen molar-refractivity contribution in [2.24, 2.45) is 0 Å². The van der Waals surface area contributed by atoms with Gasteiger partial charge in [-0.2, -0.15) is 0 Å². The summed E-state index contributed by atoms with van der Waals surface area (Å²) in [5.74, 6) is 1.61. The maximum atomic E-state index is 12.7. The van der Waals surface area contributed by atoms with Gasteiger partial charge in [0.15, 0.2) is 0 Å². The monoisotopic (exact) mass is 277 g/mol. The summed E-state index contributed by atoms with van der Waals surface area (Å²) in [6.45, 7) is 0.836. The molecular formula is C15H16FNOS. The molecule has 0 atom stereocenters. The first-order valence-corrected chi connectivity index (χ1v) is 7.03. The van der Waals surface area contributed by atoms with Crippen LogP contribution < -0.4 is 10.1 Å². The van der Waals surface area contributed by atoms with Gasteiger partial charge in [0.1, 0.15) is 11.6 Å². The molecule has 0 aromatic heterocycles. The maximum Gasteiger partial charge on any atom is 0.123 e. The van der Waals surface area contributed by atoms with Crippen LogP contribution in [-0.4, -0.2) is 19.4 Å². The minimum Gasteiger partial charge on any atom is -0.497 e. The lowest BCUT2D eigenvalue weighted by atomic mass is 10.3. The SMILES string of the molecule is COc1ccc(SCCNc2ccc(F)cc2)cc1. The topological polar surface area (TPSA) is 21.3 Å². The number of benzene rings is 2. The maximum absolute atomic E-state index is 12.7. The molecule has 2 nitrogen and oxygen atoms in total. The van der Waals surface area contributed by atoms with Crippen LogP contribution in [0.3, 0.4) is 0 Å². The highest BCUT2D eigenvalue weighted by Gasteiger charge is 1.96. The Kier molecular flexibility index (Phi) is 5.10. The van der Waals surface area contributed by atoms with Crippen LogP contribution >= 0.6 is 11.8 Å². The Labute approximate surface area is 117 Å². The van der Waals surface area contributed by atoms with E-state index in [1.807, 2.05) is 24.3 Å². The van der Waals surface area contributed by atoms with Crippen molar-refractivity contribution in [3.05, 3.63) is 54.3 Å². The summed E-state index contributed by atoms with van der Waals surface area (Å²) in [5.41, 5.74) is 0.941. The van der Waals surface area contributed by atoms with Gasteiger partial charge >= 0.3 is 0 Å². The van der Waals surface area contributed by atoms with Gasteiger partial charge in [0.05, 0.1) is 7.11 Å². The predicted octanol–water partition coefficient (Wildman–Crippen LogP) is 4.04. The molecule has 0 bridgehead atoms. The number of halogens is 1. The van der Waals surface area contributed by atoms with E-state index in [0.29, 0.717) is 0 Å². The smallest absolute Gasteiger partial charge is 0.123 e. The standard InChI is InChI=1S/C15H16FNOS/c1-18-14-6-8-15(9-7-14)19-11-10-17-13-4-2-12(16)3-5-13/h2-9,17H,10-11H2,1H3. The quantitative estimate of drug-likeness (QED) is 0.636. The Bertz CT molecular complexity index is 499. The molecule has 0 saturated heterocycles. The minimum atomic E-state index is -0.210. The van der Waals surface area contributed by atoms with Crippen molar-refractivity contribution in [2.75, 3.05) is 24.7 Å². The number of nitrogens with one attached hydrogen (secondary N) is 1. The third-order valence-electron chi connectivity index (χ3n) is 2.60. The molecule has 0 heterocycles. The van der Waals surface area contributed by atoms with Crippen LogP contribution in [0.2, 0.25) is 0 Å². The van der Waals surface area contributed by atoms with E-state index in [0.717, 1.165) is 23.7 Å². The van der Waals surface area contributed by atoms with Gasteiger partial charge < -0.3 is 10.1 Å². The number of ether oxygens (including phenoxy) is 1. The molecule has 0 spiro atoms. The van der Waals surface area contributed by atoms with Gasteiger partial charge in [0, 0.05) is 22.9 Å².